The lowest BCUT2D eigenvalue weighted by molar-refractivity contribution is -0.143. The van der Waals surface area contributed by atoms with Crippen LogP contribution in [0, 0.1) is 0 Å². The van der Waals surface area contributed by atoms with Gasteiger partial charge in [0.05, 0.1) is 10.7 Å². The van der Waals surface area contributed by atoms with E-state index in [-0.39, 0.29) is 11.4 Å². The average molecular weight is 305 g/mol. The van der Waals surface area contributed by atoms with E-state index >= 15 is 0 Å². The first kappa shape index (κ1) is 15.6. The van der Waals surface area contributed by atoms with Crippen LogP contribution in [0.15, 0.2) is 18.2 Å². The van der Waals surface area contributed by atoms with Crippen LogP contribution in [0.3, 0.4) is 0 Å². The van der Waals surface area contributed by atoms with E-state index in [1.807, 2.05) is 0 Å². The highest BCUT2D eigenvalue weighted by Gasteiger charge is 2.32. The van der Waals surface area contributed by atoms with Gasteiger partial charge in [-0.15, -0.1) is 0 Å². The first-order valence-electron chi connectivity index (χ1n) is 5.56. The van der Waals surface area contributed by atoms with E-state index in [9.17, 15) is 9.59 Å². The molecule has 19 heavy (non-hydrogen) atoms. The zero-order valence-electron chi connectivity index (χ0n) is 10.5. The van der Waals surface area contributed by atoms with E-state index in [4.69, 9.17) is 28.3 Å². The largest absolute Gasteiger partial charge is 0.480 e. The molecule has 1 rings (SSSR count). The van der Waals surface area contributed by atoms with Gasteiger partial charge in [0.15, 0.2) is 0 Å². The molecule has 1 unspecified atom stereocenters. The number of hydrogen-bond acceptors (Lipinski definition) is 2. The van der Waals surface area contributed by atoms with Crippen LogP contribution in [0.2, 0.25) is 10.0 Å². The van der Waals surface area contributed by atoms with E-state index in [1.165, 1.54) is 19.1 Å². The molecule has 0 aromatic heterocycles. The van der Waals surface area contributed by atoms with Crippen LogP contribution >= 0.6 is 23.2 Å². The van der Waals surface area contributed by atoms with Crippen LogP contribution in [-0.2, 0) is 4.79 Å². The molecule has 1 atom stereocenters. The van der Waals surface area contributed by atoms with Crippen molar-refractivity contribution in [2.45, 2.75) is 25.8 Å². The zero-order chi connectivity index (χ0) is 14.6. The van der Waals surface area contributed by atoms with E-state index in [2.05, 4.69) is 10.6 Å². The molecule has 0 aliphatic heterocycles. The van der Waals surface area contributed by atoms with Gasteiger partial charge in [0.1, 0.15) is 5.54 Å². The third-order valence-corrected chi connectivity index (χ3v) is 3.30. The summed E-state index contributed by atoms with van der Waals surface area (Å²) in [6.45, 7) is 3.10. The van der Waals surface area contributed by atoms with Crippen molar-refractivity contribution in [1.29, 1.82) is 0 Å². The van der Waals surface area contributed by atoms with Gasteiger partial charge in [0, 0.05) is 5.02 Å². The van der Waals surface area contributed by atoms with Crippen molar-refractivity contribution in [2.24, 2.45) is 0 Å². The predicted octanol–water partition coefficient (Wildman–Crippen LogP) is 3.37. The molecule has 0 aliphatic rings. The second-order valence-electron chi connectivity index (χ2n) is 4.19. The maximum absolute atomic E-state index is 11.8. The summed E-state index contributed by atoms with van der Waals surface area (Å²) in [4.78, 5) is 22.8. The summed E-state index contributed by atoms with van der Waals surface area (Å²) < 4.78 is 0. The third kappa shape index (κ3) is 4.01. The molecule has 1 aromatic carbocycles. The van der Waals surface area contributed by atoms with Crippen molar-refractivity contribution in [2.75, 3.05) is 5.32 Å². The Labute approximate surface area is 120 Å². The molecular formula is C12H14Cl2N2O3. The van der Waals surface area contributed by atoms with Crippen LogP contribution in [-0.4, -0.2) is 22.6 Å². The number of anilines is 1. The molecule has 0 heterocycles. The monoisotopic (exact) mass is 304 g/mol. The first-order chi connectivity index (χ1) is 8.78. The number of carboxylic acids is 1. The van der Waals surface area contributed by atoms with Crippen LogP contribution in [0.4, 0.5) is 10.5 Å². The lowest BCUT2D eigenvalue weighted by Gasteiger charge is -2.24. The lowest BCUT2D eigenvalue weighted by Crippen LogP contribution is -2.53. The summed E-state index contributed by atoms with van der Waals surface area (Å²) in [6, 6.07) is 3.94. The van der Waals surface area contributed by atoms with E-state index in [1.54, 1.807) is 13.0 Å². The highest BCUT2D eigenvalue weighted by Crippen LogP contribution is 2.25. The Kier molecular flexibility index (Phi) is 5.03. The quantitative estimate of drug-likeness (QED) is 0.798. The van der Waals surface area contributed by atoms with Crippen LogP contribution in [0.5, 0.6) is 0 Å². The number of carbonyl (C=O) groups excluding carboxylic acids is 1. The molecule has 0 aliphatic carbocycles. The number of benzene rings is 1. The summed E-state index contributed by atoms with van der Waals surface area (Å²) in [7, 11) is 0. The van der Waals surface area contributed by atoms with Gasteiger partial charge in [-0.1, -0.05) is 30.1 Å². The molecule has 0 spiro atoms. The molecule has 0 saturated heterocycles. The average Bonchev–Trinajstić information content (AvgIpc) is 2.32. The molecule has 0 saturated carbocycles. The molecule has 0 fully saturated rings. The molecule has 0 radical (unpaired) electrons. The maximum Gasteiger partial charge on any atom is 0.329 e. The summed E-state index contributed by atoms with van der Waals surface area (Å²) in [5.74, 6) is -1.10. The Bertz CT molecular complexity index is 508. The zero-order valence-corrected chi connectivity index (χ0v) is 12.0. The highest BCUT2D eigenvalue weighted by atomic mass is 35.5. The Morgan fingerprint density at radius 3 is 2.47 bits per heavy atom. The number of carbonyl (C=O) groups is 2. The SMILES string of the molecule is CCC(C)(NC(=O)Nc1ccc(Cl)cc1Cl)C(=O)O. The fourth-order valence-electron chi connectivity index (χ4n) is 1.29. The van der Waals surface area contributed by atoms with E-state index < -0.39 is 17.5 Å². The minimum Gasteiger partial charge on any atom is -0.480 e. The summed E-state index contributed by atoms with van der Waals surface area (Å²) in [5, 5.41) is 14.6. The number of halogens is 2. The fraction of sp³-hybridized carbons (Fsp3) is 0.333. The minimum atomic E-state index is -1.33. The van der Waals surface area contributed by atoms with Crippen molar-refractivity contribution in [3.05, 3.63) is 28.2 Å². The van der Waals surface area contributed by atoms with Gasteiger partial charge in [-0.2, -0.15) is 0 Å². The normalized spacial score (nSPS) is 13.5. The van der Waals surface area contributed by atoms with Gasteiger partial charge in [-0.05, 0) is 31.5 Å². The second-order valence-corrected chi connectivity index (χ2v) is 5.04. The third-order valence-electron chi connectivity index (χ3n) is 2.75. The summed E-state index contributed by atoms with van der Waals surface area (Å²) >= 11 is 11.6. The van der Waals surface area contributed by atoms with Gasteiger partial charge >= 0.3 is 12.0 Å². The smallest absolute Gasteiger partial charge is 0.329 e. The van der Waals surface area contributed by atoms with E-state index in [0.29, 0.717) is 10.7 Å². The Morgan fingerprint density at radius 1 is 1.37 bits per heavy atom. The molecule has 7 heteroatoms. The molecule has 2 amide bonds. The summed E-state index contributed by atoms with van der Waals surface area (Å²) in [5.41, 5.74) is -0.976. The van der Waals surface area contributed by atoms with Crippen LogP contribution in [0.25, 0.3) is 0 Å². The van der Waals surface area contributed by atoms with Crippen molar-refractivity contribution in [1.82, 2.24) is 5.32 Å². The number of urea groups is 1. The van der Waals surface area contributed by atoms with Crippen molar-refractivity contribution in [3.8, 4) is 0 Å². The number of carboxylic acid groups (broad SMARTS) is 1. The highest BCUT2D eigenvalue weighted by molar-refractivity contribution is 6.36. The molecule has 3 N–H and O–H groups in total. The molecule has 1 aromatic rings. The standard InChI is InChI=1S/C12H14Cl2N2O3/c1-3-12(2,10(17)18)16-11(19)15-9-5-4-7(13)6-8(9)14/h4-6H,3H2,1-2H3,(H,17,18)(H2,15,16,19). The van der Waals surface area contributed by atoms with E-state index in [0.717, 1.165) is 0 Å². The van der Waals surface area contributed by atoms with Crippen molar-refractivity contribution < 1.29 is 14.7 Å². The second kappa shape index (κ2) is 6.12. The Hall–Kier alpha value is -1.46. The molecule has 0 bridgehead atoms. The molecule has 104 valence electrons. The number of aliphatic carboxylic acids is 1. The Balaban J connectivity index is 2.78. The fourth-order valence-corrected chi connectivity index (χ4v) is 1.74. The minimum absolute atomic E-state index is 0.254. The molecular weight excluding hydrogens is 291 g/mol. The van der Waals surface area contributed by atoms with Gasteiger partial charge in [-0.3, -0.25) is 0 Å². The predicted molar refractivity (Wildman–Crippen MR) is 74.9 cm³/mol. The number of nitrogens with one attached hydrogen (secondary N) is 2. The van der Waals surface area contributed by atoms with Gasteiger partial charge in [0.25, 0.3) is 0 Å². The van der Waals surface area contributed by atoms with Crippen molar-refractivity contribution >= 4 is 40.9 Å². The molecule has 5 nitrogen and oxygen atoms in total. The topological polar surface area (TPSA) is 78.4 Å². The lowest BCUT2D eigenvalue weighted by atomic mass is 10.00. The van der Waals surface area contributed by atoms with Gasteiger partial charge in [-0.25, -0.2) is 9.59 Å². The van der Waals surface area contributed by atoms with Crippen LogP contribution < -0.4 is 10.6 Å². The first-order valence-corrected chi connectivity index (χ1v) is 6.31. The van der Waals surface area contributed by atoms with Gasteiger partial charge < -0.3 is 15.7 Å². The van der Waals surface area contributed by atoms with Crippen molar-refractivity contribution in [3.63, 3.8) is 0 Å². The number of hydrogen-bond donors (Lipinski definition) is 3. The van der Waals surface area contributed by atoms with Gasteiger partial charge in [0.2, 0.25) is 0 Å². The summed E-state index contributed by atoms with van der Waals surface area (Å²) in [6.07, 6.45) is 0.254. The van der Waals surface area contributed by atoms with Crippen LogP contribution in [0.1, 0.15) is 20.3 Å². The maximum atomic E-state index is 11.8. The Morgan fingerprint density at radius 2 is 2.00 bits per heavy atom. The number of amides is 2. The number of rotatable bonds is 4.